The Morgan fingerprint density at radius 2 is 1.42 bits per heavy atom. The molecule has 0 heterocycles. The molecule has 0 saturated carbocycles. The number of hydrogen-bond acceptors (Lipinski definition) is 5. The predicted octanol–water partition coefficient (Wildman–Crippen LogP) is 3.39. The van der Waals surface area contributed by atoms with Crippen LogP contribution >= 0.6 is 0 Å². The molecule has 0 fully saturated rings. The quantitative estimate of drug-likeness (QED) is 0.189. The van der Waals surface area contributed by atoms with Crippen molar-refractivity contribution in [2.45, 2.75) is 51.1 Å². The number of aliphatic carboxylic acids is 1. The van der Waals surface area contributed by atoms with Gasteiger partial charge < -0.3 is 10.4 Å². The molecule has 8 heteroatoms. The molecule has 0 radical (unpaired) electrons. The van der Waals surface area contributed by atoms with E-state index >= 15 is 0 Å². The van der Waals surface area contributed by atoms with Crippen molar-refractivity contribution < 1.29 is 24.7 Å². The summed E-state index contributed by atoms with van der Waals surface area (Å²) in [7, 11) is 0. The van der Waals surface area contributed by atoms with Gasteiger partial charge in [0.15, 0.2) is 0 Å². The number of carbonyl (C=O) groups excluding carboxylic acids is 2. The SMILES string of the molecule is O=C(CCCCCCC(=O)Nc1ccc(CN[C@@H](C(=O)O)c2ccccc2)cc1)NO. The van der Waals surface area contributed by atoms with Gasteiger partial charge in [-0.25, -0.2) is 5.48 Å². The van der Waals surface area contributed by atoms with Crippen LogP contribution in [0.5, 0.6) is 0 Å². The van der Waals surface area contributed by atoms with Crippen molar-refractivity contribution in [1.29, 1.82) is 0 Å². The number of benzene rings is 2. The summed E-state index contributed by atoms with van der Waals surface area (Å²) in [5.74, 6) is -1.41. The van der Waals surface area contributed by atoms with E-state index < -0.39 is 17.9 Å². The Morgan fingerprint density at radius 1 is 0.806 bits per heavy atom. The van der Waals surface area contributed by atoms with Gasteiger partial charge in [0.05, 0.1) is 0 Å². The zero-order valence-corrected chi connectivity index (χ0v) is 17.3. The molecule has 0 bridgehead atoms. The number of rotatable bonds is 13. The summed E-state index contributed by atoms with van der Waals surface area (Å²) in [6, 6.07) is 15.5. The standard InChI is InChI=1S/C23H29N3O5/c27-20(10-6-1-2-7-11-21(28)26-31)25-19-14-12-17(13-15-19)16-24-22(23(29)30)18-8-4-3-5-9-18/h3-5,8-9,12-15,22,24,31H,1-2,6-7,10-11,16H2,(H,25,27)(H,26,28)(H,29,30)/t22-/m1/s1. The molecule has 5 N–H and O–H groups in total. The molecule has 0 aromatic heterocycles. The lowest BCUT2D eigenvalue weighted by Crippen LogP contribution is -2.28. The van der Waals surface area contributed by atoms with E-state index in [-0.39, 0.29) is 12.3 Å². The monoisotopic (exact) mass is 427 g/mol. The summed E-state index contributed by atoms with van der Waals surface area (Å²) in [4.78, 5) is 34.5. The van der Waals surface area contributed by atoms with Gasteiger partial charge in [0.1, 0.15) is 6.04 Å². The van der Waals surface area contributed by atoms with E-state index in [2.05, 4.69) is 10.6 Å². The summed E-state index contributed by atoms with van der Waals surface area (Å²) in [6.07, 6.45) is 3.74. The van der Waals surface area contributed by atoms with Gasteiger partial charge in [-0.15, -0.1) is 0 Å². The third kappa shape index (κ3) is 8.98. The maximum atomic E-state index is 12.0. The third-order valence-corrected chi connectivity index (χ3v) is 4.81. The second kappa shape index (κ2) is 13.1. The molecular formula is C23H29N3O5. The average Bonchev–Trinajstić information content (AvgIpc) is 2.77. The van der Waals surface area contributed by atoms with Crippen LogP contribution in [0.25, 0.3) is 0 Å². The van der Waals surface area contributed by atoms with Crippen molar-refractivity contribution >= 4 is 23.5 Å². The molecule has 8 nitrogen and oxygen atoms in total. The lowest BCUT2D eigenvalue weighted by molar-refractivity contribution is -0.139. The topological polar surface area (TPSA) is 128 Å². The van der Waals surface area contributed by atoms with Crippen molar-refractivity contribution in [2.75, 3.05) is 5.32 Å². The minimum absolute atomic E-state index is 0.0750. The third-order valence-electron chi connectivity index (χ3n) is 4.81. The fourth-order valence-corrected chi connectivity index (χ4v) is 3.12. The molecule has 0 aliphatic carbocycles. The second-order valence-corrected chi connectivity index (χ2v) is 7.26. The van der Waals surface area contributed by atoms with Crippen molar-refractivity contribution in [2.24, 2.45) is 0 Å². The molecular weight excluding hydrogens is 398 g/mol. The summed E-state index contributed by atoms with van der Waals surface area (Å²) in [5.41, 5.74) is 3.88. The molecule has 0 aliphatic heterocycles. The fourth-order valence-electron chi connectivity index (χ4n) is 3.12. The van der Waals surface area contributed by atoms with E-state index in [1.165, 1.54) is 0 Å². The maximum absolute atomic E-state index is 12.0. The zero-order chi connectivity index (χ0) is 22.5. The minimum Gasteiger partial charge on any atom is -0.480 e. The van der Waals surface area contributed by atoms with Crippen LogP contribution in [0.15, 0.2) is 54.6 Å². The Hall–Kier alpha value is -3.23. The number of carboxylic acid groups (broad SMARTS) is 1. The van der Waals surface area contributed by atoms with Crippen molar-refractivity contribution in [3.05, 3.63) is 65.7 Å². The summed E-state index contributed by atoms with van der Waals surface area (Å²) in [6.45, 7) is 0.383. The Morgan fingerprint density at radius 3 is 2.00 bits per heavy atom. The van der Waals surface area contributed by atoms with Crippen LogP contribution in [0.1, 0.15) is 55.7 Å². The highest BCUT2D eigenvalue weighted by Crippen LogP contribution is 2.15. The summed E-state index contributed by atoms with van der Waals surface area (Å²) in [5, 5.41) is 23.8. The highest BCUT2D eigenvalue weighted by Gasteiger charge is 2.18. The van der Waals surface area contributed by atoms with E-state index in [4.69, 9.17) is 5.21 Å². The number of carbonyl (C=O) groups is 3. The first-order valence-corrected chi connectivity index (χ1v) is 10.3. The Labute approximate surface area is 181 Å². The number of nitrogens with one attached hydrogen (secondary N) is 3. The van der Waals surface area contributed by atoms with Crippen LogP contribution in [-0.4, -0.2) is 28.1 Å². The number of hydrogen-bond donors (Lipinski definition) is 5. The van der Waals surface area contributed by atoms with Crippen molar-refractivity contribution in [3.63, 3.8) is 0 Å². The molecule has 1 atom stereocenters. The minimum atomic E-state index is -0.938. The molecule has 2 aromatic rings. The average molecular weight is 428 g/mol. The number of amides is 2. The Kier molecular flexibility index (Phi) is 10.2. The van der Waals surface area contributed by atoms with Crippen LogP contribution in [0.4, 0.5) is 5.69 Å². The van der Waals surface area contributed by atoms with Crippen LogP contribution < -0.4 is 16.1 Å². The molecule has 2 aromatic carbocycles. The lowest BCUT2D eigenvalue weighted by atomic mass is 10.1. The van der Waals surface area contributed by atoms with Gasteiger partial charge in [0, 0.05) is 25.1 Å². The number of hydroxylamine groups is 1. The normalized spacial score (nSPS) is 11.5. The summed E-state index contributed by atoms with van der Waals surface area (Å²) >= 11 is 0. The van der Waals surface area contributed by atoms with Crippen LogP contribution in [0.3, 0.4) is 0 Å². The predicted molar refractivity (Wildman–Crippen MR) is 116 cm³/mol. The molecule has 0 unspecified atom stereocenters. The molecule has 2 rings (SSSR count). The number of unbranched alkanes of at least 4 members (excludes halogenated alkanes) is 3. The van der Waals surface area contributed by atoms with Gasteiger partial charge in [-0.3, -0.25) is 24.9 Å². The van der Waals surface area contributed by atoms with Gasteiger partial charge >= 0.3 is 5.97 Å². The number of carboxylic acids is 1. The number of anilines is 1. The van der Waals surface area contributed by atoms with E-state index in [0.717, 1.165) is 24.8 Å². The summed E-state index contributed by atoms with van der Waals surface area (Å²) < 4.78 is 0. The van der Waals surface area contributed by atoms with Crippen molar-refractivity contribution in [1.82, 2.24) is 10.8 Å². The molecule has 0 saturated heterocycles. The van der Waals surface area contributed by atoms with E-state index in [1.54, 1.807) is 41.9 Å². The zero-order valence-electron chi connectivity index (χ0n) is 17.3. The van der Waals surface area contributed by atoms with E-state index in [0.29, 0.717) is 30.6 Å². The smallest absolute Gasteiger partial charge is 0.325 e. The highest BCUT2D eigenvalue weighted by atomic mass is 16.5. The highest BCUT2D eigenvalue weighted by molar-refractivity contribution is 5.90. The largest absolute Gasteiger partial charge is 0.480 e. The van der Waals surface area contributed by atoms with E-state index in [9.17, 15) is 19.5 Å². The van der Waals surface area contributed by atoms with Crippen LogP contribution in [-0.2, 0) is 20.9 Å². The fraction of sp³-hybridized carbons (Fsp3) is 0.348. The van der Waals surface area contributed by atoms with Crippen LogP contribution in [0.2, 0.25) is 0 Å². The van der Waals surface area contributed by atoms with Gasteiger partial charge in [0.25, 0.3) is 0 Å². The van der Waals surface area contributed by atoms with Gasteiger partial charge in [0.2, 0.25) is 11.8 Å². The van der Waals surface area contributed by atoms with Gasteiger partial charge in [-0.05, 0) is 36.1 Å². The van der Waals surface area contributed by atoms with Crippen molar-refractivity contribution in [3.8, 4) is 0 Å². The van der Waals surface area contributed by atoms with E-state index in [1.807, 2.05) is 18.2 Å². The van der Waals surface area contributed by atoms with Crippen LogP contribution in [0, 0.1) is 0 Å². The first kappa shape index (κ1) is 24.0. The molecule has 0 aliphatic rings. The second-order valence-electron chi connectivity index (χ2n) is 7.26. The molecule has 166 valence electrons. The Balaban J connectivity index is 1.72. The maximum Gasteiger partial charge on any atom is 0.325 e. The Bertz CT molecular complexity index is 840. The molecule has 31 heavy (non-hydrogen) atoms. The van der Waals surface area contributed by atoms with Gasteiger partial charge in [-0.1, -0.05) is 55.3 Å². The van der Waals surface area contributed by atoms with Gasteiger partial charge in [-0.2, -0.15) is 0 Å². The lowest BCUT2D eigenvalue weighted by Gasteiger charge is -2.15. The first-order valence-electron chi connectivity index (χ1n) is 10.3. The molecule has 2 amide bonds. The molecule has 0 spiro atoms. The first-order chi connectivity index (χ1) is 15.0.